The summed E-state index contributed by atoms with van der Waals surface area (Å²) in [5.74, 6) is 2.73. The Morgan fingerprint density at radius 2 is 1.96 bits per heavy atom. The third-order valence-corrected chi connectivity index (χ3v) is 5.39. The van der Waals surface area contributed by atoms with Crippen LogP contribution in [0.15, 0.2) is 5.38 Å². The smallest absolute Gasteiger partial charge is 0.222 e. The van der Waals surface area contributed by atoms with E-state index in [-0.39, 0.29) is 5.91 Å². The van der Waals surface area contributed by atoms with Crippen LogP contribution in [-0.4, -0.2) is 47.0 Å². The number of carbonyl (C=O) groups excluding carboxylic acids is 1. The van der Waals surface area contributed by atoms with Crippen molar-refractivity contribution in [1.29, 1.82) is 0 Å². The van der Waals surface area contributed by atoms with E-state index in [4.69, 9.17) is 4.98 Å². The maximum atomic E-state index is 11.9. The summed E-state index contributed by atoms with van der Waals surface area (Å²) in [6.45, 7) is 11.6. The van der Waals surface area contributed by atoms with Crippen molar-refractivity contribution in [2.45, 2.75) is 40.5 Å². The zero-order valence-electron chi connectivity index (χ0n) is 15.0. The lowest BCUT2D eigenvalue weighted by Gasteiger charge is -2.35. The molecule has 0 spiro atoms. The molecule has 0 unspecified atom stereocenters. The third-order valence-electron chi connectivity index (χ3n) is 4.46. The van der Waals surface area contributed by atoms with Crippen LogP contribution in [0.5, 0.6) is 0 Å². The van der Waals surface area contributed by atoms with Crippen LogP contribution in [0, 0.1) is 12.8 Å². The number of thiophene rings is 1. The fraction of sp³-hybridized carbons (Fsp3) is 0.611. The number of anilines is 1. The van der Waals surface area contributed by atoms with Gasteiger partial charge in [-0.05, 0) is 30.2 Å². The second-order valence-electron chi connectivity index (χ2n) is 6.85. The van der Waals surface area contributed by atoms with Gasteiger partial charge < -0.3 is 9.80 Å². The number of hydrogen-bond acceptors (Lipinski definition) is 5. The summed E-state index contributed by atoms with van der Waals surface area (Å²) >= 11 is 1.72. The summed E-state index contributed by atoms with van der Waals surface area (Å²) in [4.78, 5) is 26.7. The predicted molar refractivity (Wildman–Crippen MR) is 99.8 cm³/mol. The Labute approximate surface area is 147 Å². The molecule has 5 nitrogen and oxygen atoms in total. The molecule has 0 atom stereocenters. The van der Waals surface area contributed by atoms with Gasteiger partial charge in [-0.3, -0.25) is 4.79 Å². The van der Waals surface area contributed by atoms with E-state index in [1.165, 1.54) is 10.9 Å². The Balaban J connectivity index is 1.91. The Bertz CT molecular complexity index is 732. The van der Waals surface area contributed by atoms with Crippen molar-refractivity contribution in [1.82, 2.24) is 14.9 Å². The molecule has 6 heteroatoms. The number of aromatic nitrogens is 2. The molecule has 1 amide bonds. The summed E-state index contributed by atoms with van der Waals surface area (Å²) in [5, 5.41) is 3.45. The first-order valence-electron chi connectivity index (χ1n) is 8.77. The van der Waals surface area contributed by atoms with Crippen LogP contribution in [0.2, 0.25) is 0 Å². The predicted octanol–water partition coefficient (Wildman–Crippen LogP) is 3.26. The van der Waals surface area contributed by atoms with Gasteiger partial charge in [0.15, 0.2) is 0 Å². The first-order chi connectivity index (χ1) is 11.5. The molecule has 1 fully saturated rings. The molecule has 1 saturated heterocycles. The largest absolute Gasteiger partial charge is 0.352 e. The SMILES string of the molecule is CCC(=O)N1CCN(c2nc(C)nc3scc(CC(C)C)c23)CC1. The molecule has 0 radical (unpaired) electrons. The molecule has 0 aromatic carbocycles. The lowest BCUT2D eigenvalue weighted by atomic mass is 10.0. The van der Waals surface area contributed by atoms with Crippen LogP contribution in [0.3, 0.4) is 0 Å². The number of fused-ring (bicyclic) bond motifs is 1. The molecule has 3 rings (SSSR count). The zero-order valence-corrected chi connectivity index (χ0v) is 15.8. The molecule has 0 saturated carbocycles. The third kappa shape index (κ3) is 3.38. The van der Waals surface area contributed by atoms with Gasteiger partial charge in [-0.1, -0.05) is 20.8 Å². The lowest BCUT2D eigenvalue weighted by molar-refractivity contribution is -0.131. The minimum absolute atomic E-state index is 0.245. The van der Waals surface area contributed by atoms with Gasteiger partial charge in [-0.25, -0.2) is 9.97 Å². The summed E-state index contributed by atoms with van der Waals surface area (Å²) < 4.78 is 0. The van der Waals surface area contributed by atoms with E-state index in [9.17, 15) is 4.79 Å². The molecule has 2 aromatic rings. The highest BCUT2D eigenvalue weighted by atomic mass is 32.1. The second-order valence-corrected chi connectivity index (χ2v) is 7.71. The number of hydrogen-bond donors (Lipinski definition) is 0. The number of nitrogens with zero attached hydrogens (tertiary/aromatic N) is 4. The molecule has 1 aliphatic rings. The first-order valence-corrected chi connectivity index (χ1v) is 9.65. The van der Waals surface area contributed by atoms with Gasteiger partial charge in [0.2, 0.25) is 5.91 Å². The molecular formula is C18H26N4OS. The maximum absolute atomic E-state index is 11.9. The van der Waals surface area contributed by atoms with Crippen molar-refractivity contribution >= 4 is 33.3 Å². The van der Waals surface area contributed by atoms with E-state index < -0.39 is 0 Å². The quantitative estimate of drug-likeness (QED) is 0.853. The van der Waals surface area contributed by atoms with Crippen molar-refractivity contribution in [3.63, 3.8) is 0 Å². The summed E-state index contributed by atoms with van der Waals surface area (Å²) in [5.41, 5.74) is 1.35. The Morgan fingerprint density at radius 3 is 2.58 bits per heavy atom. The Morgan fingerprint density at radius 1 is 1.25 bits per heavy atom. The molecule has 0 N–H and O–H groups in total. The minimum atomic E-state index is 0.245. The van der Waals surface area contributed by atoms with Gasteiger partial charge >= 0.3 is 0 Å². The van der Waals surface area contributed by atoms with Crippen LogP contribution in [-0.2, 0) is 11.2 Å². The van der Waals surface area contributed by atoms with Gasteiger partial charge in [-0.2, -0.15) is 0 Å². The normalized spacial score (nSPS) is 15.5. The lowest BCUT2D eigenvalue weighted by Crippen LogP contribution is -2.49. The van der Waals surface area contributed by atoms with Crippen LogP contribution in [0.1, 0.15) is 38.6 Å². The molecular weight excluding hydrogens is 320 g/mol. The fourth-order valence-corrected chi connectivity index (χ4v) is 4.29. The first kappa shape index (κ1) is 17.1. The second kappa shape index (κ2) is 7.05. The molecule has 130 valence electrons. The molecule has 2 aromatic heterocycles. The molecule has 3 heterocycles. The highest BCUT2D eigenvalue weighted by molar-refractivity contribution is 7.17. The average molecular weight is 347 g/mol. The summed E-state index contributed by atoms with van der Waals surface area (Å²) in [6, 6.07) is 0. The number of carbonyl (C=O) groups is 1. The van der Waals surface area contributed by atoms with E-state index in [0.29, 0.717) is 12.3 Å². The van der Waals surface area contributed by atoms with Gasteiger partial charge in [0.1, 0.15) is 16.5 Å². The van der Waals surface area contributed by atoms with E-state index in [1.54, 1.807) is 11.3 Å². The van der Waals surface area contributed by atoms with Gasteiger partial charge in [0.25, 0.3) is 0 Å². The standard InChI is InChI=1S/C18H26N4OS/c1-5-15(23)21-6-8-22(9-7-21)17-16-14(10-12(2)3)11-24-18(16)20-13(4)19-17/h11-12H,5-10H2,1-4H3. The van der Waals surface area contributed by atoms with E-state index in [0.717, 1.165) is 49.1 Å². The maximum Gasteiger partial charge on any atom is 0.222 e. The Hall–Kier alpha value is -1.69. The van der Waals surface area contributed by atoms with E-state index in [2.05, 4.69) is 29.1 Å². The highest BCUT2D eigenvalue weighted by Crippen LogP contribution is 2.34. The average Bonchev–Trinajstić information content (AvgIpc) is 2.95. The van der Waals surface area contributed by atoms with E-state index >= 15 is 0 Å². The minimum Gasteiger partial charge on any atom is -0.352 e. The van der Waals surface area contributed by atoms with Crippen LogP contribution in [0.25, 0.3) is 10.2 Å². The number of aryl methyl sites for hydroxylation is 1. The fourth-order valence-electron chi connectivity index (χ4n) is 3.29. The van der Waals surface area contributed by atoms with Crippen LogP contribution in [0.4, 0.5) is 5.82 Å². The monoisotopic (exact) mass is 346 g/mol. The van der Waals surface area contributed by atoms with Crippen molar-refractivity contribution in [2.75, 3.05) is 31.1 Å². The number of amides is 1. The zero-order chi connectivity index (χ0) is 17.3. The van der Waals surface area contributed by atoms with Crippen molar-refractivity contribution in [3.8, 4) is 0 Å². The van der Waals surface area contributed by atoms with E-state index in [1.807, 2.05) is 18.7 Å². The number of rotatable bonds is 4. The van der Waals surface area contributed by atoms with Gasteiger partial charge in [0, 0.05) is 32.6 Å². The Kier molecular flexibility index (Phi) is 5.04. The highest BCUT2D eigenvalue weighted by Gasteiger charge is 2.24. The molecule has 0 bridgehead atoms. The topological polar surface area (TPSA) is 49.3 Å². The van der Waals surface area contributed by atoms with Crippen molar-refractivity contribution in [3.05, 3.63) is 16.8 Å². The van der Waals surface area contributed by atoms with Crippen molar-refractivity contribution in [2.24, 2.45) is 5.92 Å². The van der Waals surface area contributed by atoms with Crippen LogP contribution < -0.4 is 4.90 Å². The summed E-state index contributed by atoms with van der Waals surface area (Å²) in [7, 11) is 0. The molecule has 24 heavy (non-hydrogen) atoms. The van der Waals surface area contributed by atoms with Gasteiger partial charge in [0.05, 0.1) is 5.39 Å². The molecule has 0 aliphatic carbocycles. The van der Waals surface area contributed by atoms with Gasteiger partial charge in [-0.15, -0.1) is 11.3 Å². The summed E-state index contributed by atoms with van der Waals surface area (Å²) in [6.07, 6.45) is 1.63. The van der Waals surface area contributed by atoms with Crippen LogP contribution >= 0.6 is 11.3 Å². The molecule has 1 aliphatic heterocycles. The van der Waals surface area contributed by atoms with Crippen molar-refractivity contribution < 1.29 is 4.79 Å². The number of piperazine rings is 1.